The van der Waals surface area contributed by atoms with Crippen LogP contribution in [0.15, 0.2) is 18.2 Å². The van der Waals surface area contributed by atoms with Gasteiger partial charge in [-0.15, -0.1) is 0 Å². The predicted octanol–water partition coefficient (Wildman–Crippen LogP) is 1.80. The number of rotatable bonds is 2. The minimum absolute atomic E-state index is 0.297. The van der Waals surface area contributed by atoms with Gasteiger partial charge in [0, 0.05) is 13.5 Å². The van der Waals surface area contributed by atoms with Gasteiger partial charge in [-0.3, -0.25) is 5.10 Å². The van der Waals surface area contributed by atoms with E-state index in [1.807, 2.05) is 29.8 Å². The lowest BCUT2D eigenvalue weighted by molar-refractivity contribution is 0.174. The Kier molecular flexibility index (Phi) is 2.36. The molecule has 0 amide bonds. The maximum atomic E-state index is 5.33. The van der Waals surface area contributed by atoms with E-state index in [-0.39, 0.29) is 0 Å². The molecule has 0 saturated heterocycles. The fourth-order valence-electron chi connectivity index (χ4n) is 1.77. The maximum Gasteiger partial charge on any atom is 0.231 e. The molecular formula is C11H11N3O2S. The van der Waals surface area contributed by atoms with E-state index in [0.717, 1.165) is 22.9 Å². The standard InChI is InChI=1S/C11H11N3O2S/c1-14-10(12-13-11(14)17)5-7-2-3-8-9(4-7)16-6-15-8/h2-4H,5-6H2,1H3,(H,13,17). The van der Waals surface area contributed by atoms with Gasteiger partial charge in [-0.1, -0.05) is 6.07 Å². The fourth-order valence-corrected chi connectivity index (χ4v) is 1.92. The van der Waals surface area contributed by atoms with Crippen molar-refractivity contribution in [2.75, 3.05) is 6.79 Å². The van der Waals surface area contributed by atoms with Crippen LogP contribution in [-0.2, 0) is 13.5 Å². The molecule has 1 aliphatic rings. The minimum Gasteiger partial charge on any atom is -0.454 e. The van der Waals surface area contributed by atoms with E-state index >= 15 is 0 Å². The van der Waals surface area contributed by atoms with Crippen molar-refractivity contribution in [3.8, 4) is 11.5 Å². The van der Waals surface area contributed by atoms with Crippen molar-refractivity contribution in [2.45, 2.75) is 6.42 Å². The smallest absolute Gasteiger partial charge is 0.231 e. The second-order valence-electron chi connectivity index (χ2n) is 3.87. The lowest BCUT2D eigenvalue weighted by Gasteiger charge is -2.02. The van der Waals surface area contributed by atoms with Crippen LogP contribution < -0.4 is 9.47 Å². The van der Waals surface area contributed by atoms with Gasteiger partial charge in [0.25, 0.3) is 0 Å². The molecule has 0 spiro atoms. The number of hydrogen-bond donors (Lipinski definition) is 1. The zero-order valence-electron chi connectivity index (χ0n) is 9.27. The Bertz CT molecular complexity index is 617. The van der Waals surface area contributed by atoms with Crippen molar-refractivity contribution in [1.29, 1.82) is 0 Å². The average Bonchev–Trinajstić information content (AvgIpc) is 2.90. The molecule has 0 bridgehead atoms. The molecule has 1 aliphatic heterocycles. The fraction of sp³-hybridized carbons (Fsp3) is 0.273. The summed E-state index contributed by atoms with van der Waals surface area (Å²) >= 11 is 5.07. The summed E-state index contributed by atoms with van der Waals surface area (Å²) in [5.41, 5.74) is 1.12. The molecule has 6 heteroatoms. The molecule has 5 nitrogen and oxygen atoms in total. The van der Waals surface area contributed by atoms with E-state index in [9.17, 15) is 0 Å². The molecule has 2 aromatic rings. The first-order chi connectivity index (χ1) is 8.24. The van der Waals surface area contributed by atoms with Crippen LogP contribution in [0, 0.1) is 4.77 Å². The minimum atomic E-state index is 0.297. The number of H-pyrrole nitrogens is 1. The Balaban J connectivity index is 1.91. The maximum absolute atomic E-state index is 5.33. The summed E-state index contributed by atoms with van der Waals surface area (Å²) in [5.74, 6) is 2.48. The molecule has 2 heterocycles. The van der Waals surface area contributed by atoms with Gasteiger partial charge in [0.15, 0.2) is 16.3 Å². The molecule has 17 heavy (non-hydrogen) atoms. The van der Waals surface area contributed by atoms with Gasteiger partial charge in [0.1, 0.15) is 5.82 Å². The largest absolute Gasteiger partial charge is 0.454 e. The molecule has 0 unspecified atom stereocenters. The van der Waals surface area contributed by atoms with Crippen molar-refractivity contribution in [1.82, 2.24) is 14.8 Å². The normalized spacial score (nSPS) is 13.0. The van der Waals surface area contributed by atoms with Crippen LogP contribution in [-0.4, -0.2) is 21.6 Å². The highest BCUT2D eigenvalue weighted by Gasteiger charge is 2.14. The van der Waals surface area contributed by atoms with Crippen molar-refractivity contribution in [2.24, 2.45) is 7.05 Å². The molecule has 0 fully saturated rings. The van der Waals surface area contributed by atoms with Crippen LogP contribution in [0.3, 0.4) is 0 Å². The SMILES string of the molecule is Cn1c(Cc2ccc3c(c2)OCO3)n[nH]c1=S. The van der Waals surface area contributed by atoms with Gasteiger partial charge in [0.05, 0.1) is 0 Å². The molecule has 1 N–H and O–H groups in total. The van der Waals surface area contributed by atoms with Gasteiger partial charge in [0.2, 0.25) is 6.79 Å². The molecule has 0 saturated carbocycles. The van der Waals surface area contributed by atoms with Crippen LogP contribution >= 0.6 is 12.2 Å². The van der Waals surface area contributed by atoms with E-state index in [1.165, 1.54) is 0 Å². The number of ether oxygens (including phenoxy) is 2. The quantitative estimate of drug-likeness (QED) is 0.824. The molecule has 0 aliphatic carbocycles. The first-order valence-electron chi connectivity index (χ1n) is 5.23. The van der Waals surface area contributed by atoms with Crippen LogP contribution in [0.5, 0.6) is 11.5 Å². The Labute approximate surface area is 103 Å². The summed E-state index contributed by atoms with van der Waals surface area (Å²) in [7, 11) is 1.90. The average molecular weight is 249 g/mol. The zero-order chi connectivity index (χ0) is 11.8. The van der Waals surface area contributed by atoms with Crippen molar-refractivity contribution in [3.05, 3.63) is 34.4 Å². The van der Waals surface area contributed by atoms with Crippen LogP contribution in [0.4, 0.5) is 0 Å². The van der Waals surface area contributed by atoms with Crippen LogP contribution in [0.2, 0.25) is 0 Å². The second kappa shape index (κ2) is 3.89. The Hall–Kier alpha value is -1.82. The van der Waals surface area contributed by atoms with Gasteiger partial charge in [-0.2, -0.15) is 5.10 Å². The molecular weight excluding hydrogens is 238 g/mol. The number of fused-ring (bicyclic) bond motifs is 1. The second-order valence-corrected chi connectivity index (χ2v) is 4.26. The van der Waals surface area contributed by atoms with Gasteiger partial charge < -0.3 is 14.0 Å². The molecule has 1 aromatic carbocycles. The summed E-state index contributed by atoms with van der Waals surface area (Å²) < 4.78 is 13.1. The van der Waals surface area contributed by atoms with Gasteiger partial charge in [-0.05, 0) is 29.9 Å². The van der Waals surface area contributed by atoms with E-state index < -0.39 is 0 Å². The summed E-state index contributed by atoms with van der Waals surface area (Å²) in [6.07, 6.45) is 0.709. The highest BCUT2D eigenvalue weighted by Crippen LogP contribution is 2.32. The predicted molar refractivity (Wildman–Crippen MR) is 63.8 cm³/mol. The Morgan fingerprint density at radius 3 is 3.00 bits per heavy atom. The molecule has 3 rings (SSSR count). The number of nitrogens with zero attached hydrogens (tertiary/aromatic N) is 2. The number of aromatic nitrogens is 3. The summed E-state index contributed by atoms with van der Waals surface area (Å²) in [6.45, 7) is 0.297. The van der Waals surface area contributed by atoms with E-state index in [1.54, 1.807) is 0 Å². The molecule has 0 atom stereocenters. The lowest BCUT2D eigenvalue weighted by Crippen LogP contribution is -1.99. The lowest BCUT2D eigenvalue weighted by atomic mass is 10.1. The van der Waals surface area contributed by atoms with Gasteiger partial charge >= 0.3 is 0 Å². The number of aromatic amines is 1. The van der Waals surface area contributed by atoms with Gasteiger partial charge in [-0.25, -0.2) is 0 Å². The first-order valence-corrected chi connectivity index (χ1v) is 5.63. The zero-order valence-corrected chi connectivity index (χ0v) is 10.1. The monoisotopic (exact) mass is 249 g/mol. The third-order valence-corrected chi connectivity index (χ3v) is 3.14. The van der Waals surface area contributed by atoms with Crippen molar-refractivity contribution in [3.63, 3.8) is 0 Å². The van der Waals surface area contributed by atoms with Crippen LogP contribution in [0.25, 0.3) is 0 Å². The first kappa shape index (κ1) is 10.3. The number of benzene rings is 1. The third kappa shape index (κ3) is 1.80. The highest BCUT2D eigenvalue weighted by molar-refractivity contribution is 7.71. The third-order valence-electron chi connectivity index (χ3n) is 2.77. The van der Waals surface area contributed by atoms with E-state index in [0.29, 0.717) is 18.0 Å². The topological polar surface area (TPSA) is 52.1 Å². The van der Waals surface area contributed by atoms with Crippen molar-refractivity contribution >= 4 is 12.2 Å². The Morgan fingerprint density at radius 2 is 2.24 bits per heavy atom. The van der Waals surface area contributed by atoms with E-state index in [4.69, 9.17) is 21.7 Å². The van der Waals surface area contributed by atoms with Crippen molar-refractivity contribution < 1.29 is 9.47 Å². The highest BCUT2D eigenvalue weighted by atomic mass is 32.1. The van der Waals surface area contributed by atoms with Crippen LogP contribution in [0.1, 0.15) is 11.4 Å². The molecule has 88 valence electrons. The molecule has 1 aromatic heterocycles. The molecule has 0 radical (unpaired) electrons. The number of hydrogen-bond acceptors (Lipinski definition) is 4. The number of nitrogens with one attached hydrogen (secondary N) is 1. The van der Waals surface area contributed by atoms with E-state index in [2.05, 4.69) is 10.2 Å². The Morgan fingerprint density at radius 1 is 1.41 bits per heavy atom. The summed E-state index contributed by atoms with van der Waals surface area (Å²) in [5, 5.41) is 6.95. The summed E-state index contributed by atoms with van der Waals surface area (Å²) in [6, 6.07) is 5.89. The summed E-state index contributed by atoms with van der Waals surface area (Å²) in [4.78, 5) is 0.